The van der Waals surface area contributed by atoms with Crippen LogP contribution in [0.25, 0.3) is 0 Å². The van der Waals surface area contributed by atoms with Gasteiger partial charge in [-0.2, -0.15) is 0 Å². The number of rotatable bonds is 5. The third kappa shape index (κ3) is 2.96. The molecule has 1 aliphatic carbocycles. The van der Waals surface area contributed by atoms with Gasteiger partial charge in [0.2, 0.25) is 0 Å². The minimum atomic E-state index is 0.442. The molecule has 0 aromatic heterocycles. The smallest absolute Gasteiger partial charge is 0.136 e. The van der Waals surface area contributed by atoms with Crippen LogP contribution in [0.3, 0.4) is 0 Å². The van der Waals surface area contributed by atoms with Crippen molar-refractivity contribution in [3.8, 4) is 0 Å². The molecule has 0 heterocycles. The third-order valence-corrected chi connectivity index (χ3v) is 2.73. The Labute approximate surface area is 75.5 Å². The summed E-state index contributed by atoms with van der Waals surface area (Å²) < 4.78 is 0. The van der Waals surface area contributed by atoms with Crippen LogP contribution in [0, 0.1) is 17.8 Å². The zero-order valence-corrected chi connectivity index (χ0v) is 8.47. The predicted molar refractivity (Wildman–Crippen MR) is 51.0 cm³/mol. The van der Waals surface area contributed by atoms with E-state index >= 15 is 0 Å². The van der Waals surface area contributed by atoms with Gasteiger partial charge in [-0.25, -0.2) is 0 Å². The van der Waals surface area contributed by atoms with Crippen LogP contribution in [-0.4, -0.2) is 5.78 Å². The number of Topliss-reactive ketones (excluding diaryl/α,β-unsaturated/α-hetero) is 1. The molecule has 0 amide bonds. The molecule has 0 saturated heterocycles. The summed E-state index contributed by atoms with van der Waals surface area (Å²) in [6.45, 7) is 6.60. The number of carbonyl (C=O) groups excluding carboxylic acids is 1. The molecule has 1 heteroatoms. The predicted octanol–water partition coefficient (Wildman–Crippen LogP) is 3.04. The number of hydrogen-bond donors (Lipinski definition) is 0. The van der Waals surface area contributed by atoms with E-state index in [9.17, 15) is 4.79 Å². The number of ketones is 1. The standard InChI is InChI=1S/C11H20O/c1-8(2)5-4-6-11(12)10-7-9(10)3/h8-10H,4-7H2,1-3H3. The van der Waals surface area contributed by atoms with E-state index in [0.29, 0.717) is 17.6 Å². The highest BCUT2D eigenvalue weighted by Gasteiger charge is 2.37. The van der Waals surface area contributed by atoms with Gasteiger partial charge in [-0.05, 0) is 24.7 Å². The fourth-order valence-electron chi connectivity index (χ4n) is 1.64. The lowest BCUT2D eigenvalue weighted by Gasteiger charge is -2.02. The van der Waals surface area contributed by atoms with Crippen LogP contribution in [0.2, 0.25) is 0 Å². The number of carbonyl (C=O) groups is 1. The highest BCUT2D eigenvalue weighted by Crippen LogP contribution is 2.39. The monoisotopic (exact) mass is 168 g/mol. The molecule has 70 valence electrons. The van der Waals surface area contributed by atoms with Crippen molar-refractivity contribution < 1.29 is 4.79 Å². The highest BCUT2D eigenvalue weighted by atomic mass is 16.1. The molecule has 0 N–H and O–H groups in total. The van der Waals surface area contributed by atoms with E-state index in [0.717, 1.165) is 25.2 Å². The van der Waals surface area contributed by atoms with Crippen molar-refractivity contribution in [1.82, 2.24) is 0 Å². The minimum absolute atomic E-state index is 0.442. The SMILES string of the molecule is CC(C)CCCC(=O)C1CC1C. The molecule has 0 aromatic rings. The summed E-state index contributed by atoms with van der Waals surface area (Å²) in [5, 5.41) is 0. The highest BCUT2D eigenvalue weighted by molar-refractivity contribution is 5.83. The second-order valence-corrected chi connectivity index (χ2v) is 4.57. The first-order chi connectivity index (χ1) is 5.61. The van der Waals surface area contributed by atoms with Gasteiger partial charge in [0.15, 0.2) is 0 Å². The van der Waals surface area contributed by atoms with E-state index in [1.807, 2.05) is 0 Å². The van der Waals surface area contributed by atoms with E-state index in [1.54, 1.807) is 0 Å². The van der Waals surface area contributed by atoms with Crippen molar-refractivity contribution in [3.05, 3.63) is 0 Å². The van der Waals surface area contributed by atoms with Crippen LogP contribution in [0.4, 0.5) is 0 Å². The Morgan fingerprint density at radius 2 is 2.08 bits per heavy atom. The maximum atomic E-state index is 11.4. The Hall–Kier alpha value is -0.330. The topological polar surface area (TPSA) is 17.1 Å². The van der Waals surface area contributed by atoms with Crippen LogP contribution in [-0.2, 0) is 4.79 Å². The molecule has 0 aromatic carbocycles. The van der Waals surface area contributed by atoms with Crippen LogP contribution >= 0.6 is 0 Å². The van der Waals surface area contributed by atoms with Gasteiger partial charge in [0, 0.05) is 12.3 Å². The van der Waals surface area contributed by atoms with E-state index in [4.69, 9.17) is 0 Å². The summed E-state index contributed by atoms with van der Waals surface area (Å²) >= 11 is 0. The lowest BCUT2D eigenvalue weighted by atomic mass is 10.0. The number of hydrogen-bond acceptors (Lipinski definition) is 1. The summed E-state index contributed by atoms with van der Waals surface area (Å²) in [6.07, 6.45) is 4.28. The molecule has 1 rings (SSSR count). The van der Waals surface area contributed by atoms with E-state index in [2.05, 4.69) is 20.8 Å². The van der Waals surface area contributed by atoms with Crippen molar-refractivity contribution in [1.29, 1.82) is 0 Å². The average Bonchev–Trinajstić information content (AvgIpc) is 2.66. The van der Waals surface area contributed by atoms with Crippen LogP contribution in [0.5, 0.6) is 0 Å². The molecule has 1 nitrogen and oxygen atoms in total. The first-order valence-electron chi connectivity index (χ1n) is 5.14. The largest absolute Gasteiger partial charge is 0.299 e. The first-order valence-corrected chi connectivity index (χ1v) is 5.14. The summed E-state index contributed by atoms with van der Waals surface area (Å²) in [7, 11) is 0. The minimum Gasteiger partial charge on any atom is -0.299 e. The Balaban J connectivity index is 2.03. The molecule has 12 heavy (non-hydrogen) atoms. The normalized spacial score (nSPS) is 27.7. The van der Waals surface area contributed by atoms with E-state index < -0.39 is 0 Å². The van der Waals surface area contributed by atoms with Gasteiger partial charge in [0.1, 0.15) is 5.78 Å². The van der Waals surface area contributed by atoms with Crippen molar-refractivity contribution in [2.24, 2.45) is 17.8 Å². The molecule has 0 aliphatic heterocycles. The molecule has 0 bridgehead atoms. The lowest BCUT2D eigenvalue weighted by Crippen LogP contribution is -2.02. The van der Waals surface area contributed by atoms with Crippen LogP contribution < -0.4 is 0 Å². The molecule has 1 saturated carbocycles. The zero-order valence-electron chi connectivity index (χ0n) is 8.47. The van der Waals surface area contributed by atoms with Gasteiger partial charge in [-0.15, -0.1) is 0 Å². The average molecular weight is 168 g/mol. The molecule has 2 unspecified atom stereocenters. The van der Waals surface area contributed by atoms with E-state index in [-0.39, 0.29) is 0 Å². The quantitative estimate of drug-likeness (QED) is 0.616. The molecular weight excluding hydrogens is 148 g/mol. The molecular formula is C11H20O. The molecule has 2 atom stereocenters. The van der Waals surface area contributed by atoms with Crippen molar-refractivity contribution in [2.75, 3.05) is 0 Å². The van der Waals surface area contributed by atoms with Gasteiger partial charge in [0.25, 0.3) is 0 Å². The van der Waals surface area contributed by atoms with Gasteiger partial charge >= 0.3 is 0 Å². The molecule has 1 aliphatic rings. The maximum Gasteiger partial charge on any atom is 0.136 e. The van der Waals surface area contributed by atoms with E-state index in [1.165, 1.54) is 6.42 Å². The second-order valence-electron chi connectivity index (χ2n) is 4.57. The van der Waals surface area contributed by atoms with Crippen molar-refractivity contribution in [2.45, 2.75) is 46.5 Å². The van der Waals surface area contributed by atoms with Crippen molar-refractivity contribution >= 4 is 5.78 Å². The lowest BCUT2D eigenvalue weighted by molar-refractivity contribution is -0.120. The van der Waals surface area contributed by atoms with Gasteiger partial charge in [-0.3, -0.25) is 4.79 Å². The maximum absolute atomic E-state index is 11.4. The fourth-order valence-corrected chi connectivity index (χ4v) is 1.64. The van der Waals surface area contributed by atoms with Crippen LogP contribution in [0.15, 0.2) is 0 Å². The molecule has 0 spiro atoms. The first kappa shape index (κ1) is 9.76. The van der Waals surface area contributed by atoms with Crippen LogP contribution in [0.1, 0.15) is 46.5 Å². The fraction of sp³-hybridized carbons (Fsp3) is 0.909. The Kier molecular flexibility index (Phi) is 3.30. The summed E-state index contributed by atoms with van der Waals surface area (Å²) in [6, 6.07) is 0. The summed E-state index contributed by atoms with van der Waals surface area (Å²) in [4.78, 5) is 11.4. The Morgan fingerprint density at radius 1 is 1.50 bits per heavy atom. The van der Waals surface area contributed by atoms with Crippen molar-refractivity contribution in [3.63, 3.8) is 0 Å². The van der Waals surface area contributed by atoms with Gasteiger partial charge in [-0.1, -0.05) is 27.2 Å². The van der Waals surface area contributed by atoms with Gasteiger partial charge in [0.05, 0.1) is 0 Å². The zero-order chi connectivity index (χ0) is 9.14. The van der Waals surface area contributed by atoms with Gasteiger partial charge < -0.3 is 0 Å². The summed E-state index contributed by atoms with van der Waals surface area (Å²) in [5.41, 5.74) is 0. The second kappa shape index (κ2) is 4.06. The molecule has 0 radical (unpaired) electrons. The molecule has 1 fully saturated rings. The Bertz CT molecular complexity index is 160. The third-order valence-electron chi connectivity index (χ3n) is 2.73. The Morgan fingerprint density at radius 3 is 2.50 bits per heavy atom. The summed E-state index contributed by atoms with van der Waals surface area (Å²) in [5.74, 6) is 2.39.